The van der Waals surface area contributed by atoms with E-state index in [1.165, 1.54) is 0 Å². The highest BCUT2D eigenvalue weighted by Crippen LogP contribution is 2.22. The summed E-state index contributed by atoms with van der Waals surface area (Å²) in [6.45, 7) is 4.84. The lowest BCUT2D eigenvalue weighted by atomic mass is 10.3. The third-order valence-corrected chi connectivity index (χ3v) is 4.82. The SMILES string of the molecule is CNCCn1nc(C)c(S(=O)(=O)Nc2ccccc2)c1C. The highest BCUT2D eigenvalue weighted by atomic mass is 32.2. The Kier molecular flexibility index (Phi) is 4.64. The summed E-state index contributed by atoms with van der Waals surface area (Å²) in [4.78, 5) is 0.252. The molecular weight excluding hydrogens is 288 g/mol. The van der Waals surface area contributed by atoms with Gasteiger partial charge in [0.25, 0.3) is 10.0 Å². The quantitative estimate of drug-likeness (QED) is 0.848. The smallest absolute Gasteiger partial charge is 0.265 e. The molecule has 0 unspecified atom stereocenters. The van der Waals surface area contributed by atoms with Crippen LogP contribution in [0.1, 0.15) is 11.4 Å². The van der Waals surface area contributed by atoms with Gasteiger partial charge in [-0.15, -0.1) is 0 Å². The van der Waals surface area contributed by atoms with Gasteiger partial charge in [-0.3, -0.25) is 9.40 Å². The number of likely N-dealkylation sites (N-methyl/N-ethyl adjacent to an activating group) is 1. The van der Waals surface area contributed by atoms with Crippen LogP contribution in [-0.2, 0) is 16.6 Å². The van der Waals surface area contributed by atoms with Gasteiger partial charge in [0.15, 0.2) is 0 Å². The van der Waals surface area contributed by atoms with Gasteiger partial charge in [-0.2, -0.15) is 5.10 Å². The maximum Gasteiger partial charge on any atom is 0.265 e. The number of rotatable bonds is 6. The molecule has 114 valence electrons. The third-order valence-electron chi connectivity index (χ3n) is 3.18. The van der Waals surface area contributed by atoms with Crippen LogP contribution in [0.25, 0.3) is 0 Å². The van der Waals surface area contributed by atoms with Crippen LogP contribution in [-0.4, -0.2) is 31.8 Å². The Morgan fingerprint density at radius 3 is 2.48 bits per heavy atom. The Hall–Kier alpha value is -1.86. The zero-order valence-corrected chi connectivity index (χ0v) is 13.2. The van der Waals surface area contributed by atoms with E-state index in [4.69, 9.17) is 0 Å². The largest absolute Gasteiger partial charge is 0.318 e. The molecule has 0 aliphatic heterocycles. The highest BCUT2D eigenvalue weighted by Gasteiger charge is 2.24. The van der Waals surface area contributed by atoms with Crippen molar-refractivity contribution in [3.8, 4) is 0 Å². The fourth-order valence-corrected chi connectivity index (χ4v) is 3.69. The van der Waals surface area contributed by atoms with Crippen LogP contribution in [0.15, 0.2) is 35.2 Å². The molecule has 0 amide bonds. The zero-order valence-electron chi connectivity index (χ0n) is 12.4. The Labute approximate surface area is 125 Å². The van der Waals surface area contributed by atoms with Crippen LogP contribution in [0, 0.1) is 13.8 Å². The molecule has 6 nitrogen and oxygen atoms in total. The second-order valence-corrected chi connectivity index (χ2v) is 6.42. The van der Waals surface area contributed by atoms with Gasteiger partial charge >= 0.3 is 0 Å². The number of sulfonamides is 1. The predicted molar refractivity (Wildman–Crippen MR) is 82.9 cm³/mol. The van der Waals surface area contributed by atoms with Crippen LogP contribution in [0.3, 0.4) is 0 Å². The molecule has 2 rings (SSSR count). The van der Waals surface area contributed by atoms with E-state index in [1.807, 2.05) is 13.1 Å². The lowest BCUT2D eigenvalue weighted by Gasteiger charge is -2.09. The minimum atomic E-state index is -3.63. The summed E-state index contributed by atoms with van der Waals surface area (Å²) in [5.74, 6) is 0. The van der Waals surface area contributed by atoms with Crippen LogP contribution in [0.2, 0.25) is 0 Å². The van der Waals surface area contributed by atoms with Crippen LogP contribution in [0.4, 0.5) is 5.69 Å². The molecular formula is C14H20N4O2S. The second kappa shape index (κ2) is 6.28. The topological polar surface area (TPSA) is 76.0 Å². The van der Waals surface area contributed by atoms with Crippen molar-refractivity contribution >= 4 is 15.7 Å². The Balaban J connectivity index is 2.34. The first-order valence-corrected chi connectivity index (χ1v) is 8.20. The number of anilines is 1. The molecule has 1 heterocycles. The van der Waals surface area contributed by atoms with Crippen molar-refractivity contribution in [3.05, 3.63) is 41.7 Å². The normalized spacial score (nSPS) is 11.6. The van der Waals surface area contributed by atoms with Gasteiger partial charge in [0.2, 0.25) is 0 Å². The maximum atomic E-state index is 12.6. The molecule has 0 saturated heterocycles. The van der Waals surface area contributed by atoms with Gasteiger partial charge in [-0.05, 0) is 33.0 Å². The predicted octanol–water partition coefficient (Wildman–Crippen LogP) is 1.52. The number of hydrogen-bond donors (Lipinski definition) is 2. The summed E-state index contributed by atoms with van der Waals surface area (Å²) < 4.78 is 29.4. The van der Waals surface area contributed by atoms with Crippen LogP contribution in [0.5, 0.6) is 0 Å². The van der Waals surface area contributed by atoms with Crippen LogP contribution >= 0.6 is 0 Å². The van der Waals surface area contributed by atoms with E-state index in [-0.39, 0.29) is 4.90 Å². The molecule has 0 spiro atoms. The summed E-state index contributed by atoms with van der Waals surface area (Å²) in [7, 11) is -1.79. The first-order valence-electron chi connectivity index (χ1n) is 6.72. The second-order valence-electron chi connectivity index (χ2n) is 4.80. The monoisotopic (exact) mass is 308 g/mol. The Bertz CT molecular complexity index is 708. The van der Waals surface area contributed by atoms with E-state index >= 15 is 0 Å². The first-order chi connectivity index (χ1) is 9.95. The summed E-state index contributed by atoms with van der Waals surface area (Å²) in [6, 6.07) is 8.84. The maximum absolute atomic E-state index is 12.6. The lowest BCUT2D eigenvalue weighted by molar-refractivity contribution is 0.566. The minimum absolute atomic E-state index is 0.252. The molecule has 0 saturated carbocycles. The molecule has 21 heavy (non-hydrogen) atoms. The summed E-state index contributed by atoms with van der Waals surface area (Å²) >= 11 is 0. The Morgan fingerprint density at radius 1 is 1.19 bits per heavy atom. The number of benzene rings is 1. The summed E-state index contributed by atoms with van der Waals surface area (Å²) in [6.07, 6.45) is 0. The molecule has 1 aromatic carbocycles. The summed E-state index contributed by atoms with van der Waals surface area (Å²) in [5.41, 5.74) is 1.69. The van der Waals surface area contributed by atoms with Gasteiger partial charge in [0.05, 0.1) is 17.9 Å². The molecule has 0 aliphatic carbocycles. The van der Waals surface area contributed by atoms with Crippen LogP contribution < -0.4 is 10.0 Å². The number of hydrogen-bond acceptors (Lipinski definition) is 4. The average molecular weight is 308 g/mol. The van der Waals surface area contributed by atoms with Gasteiger partial charge in [-0.1, -0.05) is 18.2 Å². The van der Waals surface area contributed by atoms with E-state index < -0.39 is 10.0 Å². The van der Waals surface area contributed by atoms with Crippen molar-refractivity contribution in [2.45, 2.75) is 25.3 Å². The van der Waals surface area contributed by atoms with Crippen molar-refractivity contribution in [3.63, 3.8) is 0 Å². The third kappa shape index (κ3) is 3.43. The van der Waals surface area contributed by atoms with Gasteiger partial charge < -0.3 is 5.32 Å². The van der Waals surface area contributed by atoms with Crippen molar-refractivity contribution < 1.29 is 8.42 Å². The number of nitrogens with zero attached hydrogens (tertiary/aromatic N) is 2. The van der Waals surface area contributed by atoms with E-state index in [9.17, 15) is 8.42 Å². The standard InChI is InChI=1S/C14H20N4O2S/c1-11-14(12(2)18(16-11)10-9-15-3)21(19,20)17-13-7-5-4-6-8-13/h4-8,15,17H,9-10H2,1-3H3. The van der Waals surface area contributed by atoms with Crippen molar-refractivity contribution in [2.75, 3.05) is 18.3 Å². The molecule has 0 bridgehead atoms. The summed E-state index contributed by atoms with van der Waals surface area (Å²) in [5, 5.41) is 7.34. The number of aryl methyl sites for hydroxylation is 1. The lowest BCUT2D eigenvalue weighted by Crippen LogP contribution is -2.18. The molecule has 2 aromatic rings. The van der Waals surface area contributed by atoms with E-state index in [1.54, 1.807) is 42.8 Å². The number of nitrogens with one attached hydrogen (secondary N) is 2. The number of aromatic nitrogens is 2. The van der Waals surface area contributed by atoms with Gasteiger partial charge in [-0.25, -0.2) is 8.42 Å². The fourth-order valence-electron chi connectivity index (χ4n) is 2.22. The van der Waals surface area contributed by atoms with Crippen molar-refractivity contribution in [1.82, 2.24) is 15.1 Å². The van der Waals surface area contributed by atoms with Crippen molar-refractivity contribution in [2.24, 2.45) is 0 Å². The zero-order chi connectivity index (χ0) is 15.5. The number of para-hydroxylation sites is 1. The van der Waals surface area contributed by atoms with Crippen molar-refractivity contribution in [1.29, 1.82) is 0 Å². The van der Waals surface area contributed by atoms with E-state index in [0.717, 1.165) is 6.54 Å². The van der Waals surface area contributed by atoms with E-state index in [0.29, 0.717) is 23.6 Å². The highest BCUT2D eigenvalue weighted by molar-refractivity contribution is 7.92. The molecule has 1 aromatic heterocycles. The van der Waals surface area contributed by atoms with Gasteiger partial charge in [0.1, 0.15) is 4.90 Å². The molecule has 0 radical (unpaired) electrons. The minimum Gasteiger partial charge on any atom is -0.318 e. The first kappa shape index (κ1) is 15.5. The molecule has 7 heteroatoms. The van der Waals surface area contributed by atoms with Gasteiger partial charge in [0, 0.05) is 12.2 Å². The Morgan fingerprint density at radius 2 is 1.86 bits per heavy atom. The fraction of sp³-hybridized carbons (Fsp3) is 0.357. The van der Waals surface area contributed by atoms with E-state index in [2.05, 4.69) is 15.1 Å². The molecule has 0 fully saturated rings. The average Bonchev–Trinajstić information content (AvgIpc) is 2.72. The molecule has 0 atom stereocenters. The molecule has 0 aliphatic rings. The molecule has 2 N–H and O–H groups in total.